The molecule has 3 saturated heterocycles. The van der Waals surface area contributed by atoms with E-state index in [0.717, 1.165) is 45.4 Å². The number of hydrogen-bond donors (Lipinski definition) is 0. The van der Waals surface area contributed by atoms with Gasteiger partial charge >= 0.3 is 0 Å². The molecule has 3 fully saturated rings. The van der Waals surface area contributed by atoms with Crippen molar-refractivity contribution in [1.82, 2.24) is 14.7 Å². The van der Waals surface area contributed by atoms with Crippen molar-refractivity contribution < 1.29 is 26.1 Å². The van der Waals surface area contributed by atoms with Crippen LogP contribution in [-0.4, -0.2) is 128 Å². The predicted octanol–water partition coefficient (Wildman–Crippen LogP) is 5.43. The molecule has 0 N–H and O–H groups in total. The lowest BCUT2D eigenvalue weighted by Gasteiger charge is -2.38. The van der Waals surface area contributed by atoms with E-state index in [4.69, 9.17) is 17.3 Å². The first-order valence-corrected chi connectivity index (χ1v) is 16.5. The Balaban J connectivity index is 1.70. The lowest BCUT2D eigenvalue weighted by molar-refractivity contribution is -0.0734. The monoisotopic (exact) mass is 687 g/mol. The number of alkyl halides is 2. The number of ether oxygens (including phenoxy) is 3. The van der Waals surface area contributed by atoms with Crippen LogP contribution < -0.4 is 0 Å². The van der Waals surface area contributed by atoms with Gasteiger partial charge in [-0.25, -0.2) is 8.78 Å². The van der Waals surface area contributed by atoms with Gasteiger partial charge in [0.15, 0.2) is 0 Å². The molecule has 10 heteroatoms. The fourth-order valence-corrected chi connectivity index (χ4v) is 7.79. The van der Waals surface area contributed by atoms with E-state index in [1.54, 1.807) is 0 Å². The highest BCUT2D eigenvalue weighted by atomic mass is 127. The van der Waals surface area contributed by atoms with Crippen molar-refractivity contribution in [1.29, 1.82) is 0 Å². The summed E-state index contributed by atoms with van der Waals surface area (Å²) in [5.41, 5.74) is 0. The molecule has 236 valence electrons. The molecule has 0 aromatic carbocycles. The van der Waals surface area contributed by atoms with Crippen LogP contribution in [0.5, 0.6) is 0 Å². The highest BCUT2D eigenvalue weighted by Gasteiger charge is 2.44. The minimum absolute atomic E-state index is 0.0234. The molecule has 0 amide bonds. The smallest absolute Gasteiger partial charge is 0.119 e. The minimum atomic E-state index is -0.873. The number of nitrogens with zero attached hydrogens (tertiary/aromatic N) is 3. The molecule has 3 rings (SSSR count). The molecule has 3 aliphatic rings. The van der Waals surface area contributed by atoms with Gasteiger partial charge < -0.3 is 17.3 Å². The highest BCUT2D eigenvalue weighted by Crippen LogP contribution is 2.33. The zero-order chi connectivity index (χ0) is 29.6. The molecular formula is C30H56F2IN3O4. The summed E-state index contributed by atoms with van der Waals surface area (Å²) in [6, 6.07) is -0.0375. The van der Waals surface area contributed by atoms with E-state index in [-0.39, 0.29) is 60.9 Å². The first-order valence-electron chi connectivity index (χ1n) is 15.6. The van der Waals surface area contributed by atoms with E-state index in [1.165, 1.54) is 0 Å². The lowest BCUT2D eigenvalue weighted by Crippen LogP contribution is -2.50. The maximum absolute atomic E-state index is 15.0. The minimum Gasteiger partial charge on any atom is -0.374 e. The van der Waals surface area contributed by atoms with Gasteiger partial charge in [0.05, 0.1) is 54.8 Å². The first-order chi connectivity index (χ1) is 18.9. The normalized spacial score (nSPS) is 33.1. The molecule has 0 bridgehead atoms. The second-order valence-electron chi connectivity index (χ2n) is 13.0. The van der Waals surface area contributed by atoms with Crippen LogP contribution in [0.15, 0.2) is 0 Å². The summed E-state index contributed by atoms with van der Waals surface area (Å²) < 4.78 is 54.2. The summed E-state index contributed by atoms with van der Waals surface area (Å²) in [5.74, 6) is 0. The number of hydrogen-bond acceptors (Lipinski definition) is 7. The van der Waals surface area contributed by atoms with Gasteiger partial charge in [-0.3, -0.25) is 14.7 Å². The third kappa shape index (κ3) is 9.66. The molecule has 0 aromatic heterocycles. The fourth-order valence-electron chi connectivity index (χ4n) is 7.24. The third-order valence-corrected chi connectivity index (χ3v) is 9.38. The molecule has 9 atom stereocenters. The fraction of sp³-hybridized carbons (Fsp3) is 1.00. The highest BCUT2D eigenvalue weighted by molar-refractivity contribution is 14.1. The second-order valence-corrected chi connectivity index (χ2v) is 13.5. The van der Waals surface area contributed by atoms with Crippen molar-refractivity contribution in [3.63, 3.8) is 0 Å². The Morgan fingerprint density at radius 1 is 0.775 bits per heavy atom. The standard InChI is InChI=1S/C30H56F2IN3O4/c1-19(2)37-22(7)29-24(32)9-13-35(29)15-11-27(39-21(5)6)30-28(40-33)12-16-36(30)14-10-26(38-20(3)4)25-17-23(31)18-34(25)8/h19-30H,9-18H2,1-8H3/t22-,23+,24+,25-,26-,27-,28-,29+,30+/m0/s1. The SMILES string of the molecule is CC(C)O[C@@H](C)[C@@H]1[C@H](F)CCN1CC[C@H](OC(C)C)[C@@H]1[C@@H](OI)CCN1CC[C@H](OC(C)C)[C@@H]1C[C@@H](F)CN1C. The van der Waals surface area contributed by atoms with E-state index in [9.17, 15) is 8.78 Å². The number of likely N-dealkylation sites (N-methyl/N-ethyl adjacent to an activating group) is 1. The lowest BCUT2D eigenvalue weighted by atomic mass is 10.00. The maximum atomic E-state index is 15.0. The molecule has 0 aliphatic carbocycles. The van der Waals surface area contributed by atoms with Crippen LogP contribution in [0, 0.1) is 0 Å². The van der Waals surface area contributed by atoms with Crippen LogP contribution in [0.3, 0.4) is 0 Å². The van der Waals surface area contributed by atoms with E-state index in [1.807, 2.05) is 50.8 Å². The molecule has 40 heavy (non-hydrogen) atoms. The van der Waals surface area contributed by atoms with Gasteiger partial charge in [0.2, 0.25) is 0 Å². The molecule has 0 unspecified atom stereocenters. The molecule has 7 nitrogen and oxygen atoms in total. The van der Waals surface area contributed by atoms with Gasteiger partial charge in [0.25, 0.3) is 0 Å². The maximum Gasteiger partial charge on any atom is 0.119 e. The van der Waals surface area contributed by atoms with E-state index in [2.05, 4.69) is 42.4 Å². The van der Waals surface area contributed by atoms with Gasteiger partial charge in [-0.1, -0.05) is 0 Å². The molecule has 0 radical (unpaired) electrons. The summed E-state index contributed by atoms with van der Waals surface area (Å²) in [7, 11) is 2.01. The van der Waals surface area contributed by atoms with Gasteiger partial charge in [-0.05, 0) is 87.6 Å². The Morgan fingerprint density at radius 2 is 1.32 bits per heavy atom. The van der Waals surface area contributed by atoms with Crippen molar-refractivity contribution >= 4 is 23.0 Å². The predicted molar refractivity (Wildman–Crippen MR) is 165 cm³/mol. The van der Waals surface area contributed by atoms with Crippen LogP contribution in [-0.2, 0) is 17.3 Å². The van der Waals surface area contributed by atoms with Gasteiger partial charge in [-0.2, -0.15) is 0 Å². The van der Waals surface area contributed by atoms with Gasteiger partial charge in [0, 0.05) is 38.8 Å². The Labute approximate surface area is 256 Å². The molecular weight excluding hydrogens is 631 g/mol. The van der Waals surface area contributed by atoms with Crippen molar-refractivity contribution in [2.75, 3.05) is 39.8 Å². The van der Waals surface area contributed by atoms with E-state index < -0.39 is 12.3 Å². The Kier molecular flexibility index (Phi) is 14.3. The van der Waals surface area contributed by atoms with Crippen molar-refractivity contribution in [2.45, 2.75) is 154 Å². The largest absolute Gasteiger partial charge is 0.374 e. The molecule has 0 spiro atoms. The topological polar surface area (TPSA) is 46.6 Å². The average molecular weight is 688 g/mol. The van der Waals surface area contributed by atoms with Crippen LogP contribution in [0.1, 0.15) is 80.6 Å². The zero-order valence-corrected chi connectivity index (χ0v) is 28.3. The number of halogens is 3. The van der Waals surface area contributed by atoms with E-state index >= 15 is 0 Å². The average Bonchev–Trinajstić information content (AvgIpc) is 3.54. The second kappa shape index (κ2) is 16.4. The van der Waals surface area contributed by atoms with E-state index in [0.29, 0.717) is 19.4 Å². The molecule has 3 aliphatic heterocycles. The summed E-state index contributed by atoms with van der Waals surface area (Å²) in [5, 5.41) is 0. The summed E-state index contributed by atoms with van der Waals surface area (Å²) in [6.45, 7) is 18.0. The Morgan fingerprint density at radius 3 is 1.88 bits per heavy atom. The number of likely N-dealkylation sites (tertiary alicyclic amines) is 3. The van der Waals surface area contributed by atoms with Crippen LogP contribution >= 0.6 is 23.0 Å². The van der Waals surface area contributed by atoms with Gasteiger partial charge in [-0.15, -0.1) is 0 Å². The van der Waals surface area contributed by atoms with Crippen molar-refractivity contribution in [2.24, 2.45) is 0 Å². The third-order valence-electron chi connectivity index (χ3n) is 8.73. The zero-order valence-electron chi connectivity index (χ0n) is 26.1. The summed E-state index contributed by atoms with van der Waals surface area (Å²) >= 11 is 2.04. The van der Waals surface area contributed by atoms with Gasteiger partial charge in [0.1, 0.15) is 35.3 Å². The summed E-state index contributed by atoms with van der Waals surface area (Å²) in [6.07, 6.45) is 2.04. The van der Waals surface area contributed by atoms with Crippen molar-refractivity contribution in [3.05, 3.63) is 0 Å². The summed E-state index contributed by atoms with van der Waals surface area (Å²) in [4.78, 5) is 6.89. The molecule has 3 heterocycles. The van der Waals surface area contributed by atoms with Crippen LogP contribution in [0.2, 0.25) is 0 Å². The molecule has 0 saturated carbocycles. The molecule has 0 aromatic rings. The number of rotatable bonds is 16. The van der Waals surface area contributed by atoms with Crippen LogP contribution in [0.25, 0.3) is 0 Å². The van der Waals surface area contributed by atoms with Crippen molar-refractivity contribution in [3.8, 4) is 0 Å². The quantitative estimate of drug-likeness (QED) is 0.201. The Hall–Kier alpha value is 0.310. The first kappa shape index (κ1) is 34.8. The van der Waals surface area contributed by atoms with Crippen LogP contribution in [0.4, 0.5) is 8.78 Å². The Bertz CT molecular complexity index is 739.